The van der Waals surface area contributed by atoms with Crippen LogP contribution in [0.2, 0.25) is 5.02 Å². The van der Waals surface area contributed by atoms with E-state index in [4.69, 9.17) is 11.6 Å². The molecule has 5 nitrogen and oxygen atoms in total. The molecule has 126 valence electrons. The number of benzene rings is 2. The van der Waals surface area contributed by atoms with Crippen molar-refractivity contribution in [2.24, 2.45) is 7.05 Å². The Morgan fingerprint density at radius 2 is 2.08 bits per heavy atom. The van der Waals surface area contributed by atoms with Crippen molar-refractivity contribution < 1.29 is 4.79 Å². The number of fused-ring (bicyclic) bond motifs is 2. The molecule has 0 unspecified atom stereocenters. The summed E-state index contributed by atoms with van der Waals surface area (Å²) in [6.07, 6.45) is 0.649. The number of amides is 1. The van der Waals surface area contributed by atoms with Gasteiger partial charge in [0.05, 0.1) is 11.0 Å². The number of halogens is 1. The quantitative estimate of drug-likeness (QED) is 0.588. The van der Waals surface area contributed by atoms with Gasteiger partial charge in [-0.15, -0.1) is 0 Å². The zero-order valence-electron chi connectivity index (χ0n) is 13.7. The molecule has 0 atom stereocenters. The molecule has 0 saturated heterocycles. The van der Waals surface area contributed by atoms with Gasteiger partial charge in [-0.2, -0.15) is 0 Å². The molecule has 2 N–H and O–H groups in total. The highest BCUT2D eigenvalue weighted by Gasteiger charge is 2.13. The predicted molar refractivity (Wildman–Crippen MR) is 100 cm³/mol. The fourth-order valence-corrected chi connectivity index (χ4v) is 3.23. The van der Waals surface area contributed by atoms with Gasteiger partial charge in [0.1, 0.15) is 11.5 Å². The van der Waals surface area contributed by atoms with Crippen molar-refractivity contribution in [1.29, 1.82) is 0 Å². The molecule has 0 aliphatic heterocycles. The largest absolute Gasteiger partial charge is 0.350 e. The van der Waals surface area contributed by atoms with Crippen molar-refractivity contribution >= 4 is 39.4 Å². The molecule has 4 aromatic rings. The zero-order chi connectivity index (χ0) is 17.4. The van der Waals surface area contributed by atoms with Gasteiger partial charge >= 0.3 is 0 Å². The monoisotopic (exact) mass is 352 g/mol. The fraction of sp³-hybridized carbons (Fsp3) is 0.158. The lowest BCUT2D eigenvalue weighted by molar-refractivity contribution is 0.0946. The maximum Gasteiger partial charge on any atom is 0.267 e. The van der Waals surface area contributed by atoms with E-state index < -0.39 is 0 Å². The minimum atomic E-state index is -0.106. The van der Waals surface area contributed by atoms with Crippen LogP contribution >= 0.6 is 11.6 Å². The van der Waals surface area contributed by atoms with Crippen molar-refractivity contribution in [3.63, 3.8) is 0 Å². The number of nitrogens with zero attached hydrogens (tertiary/aromatic N) is 2. The number of aryl methyl sites for hydroxylation is 1. The first-order valence-corrected chi connectivity index (χ1v) is 8.46. The number of rotatable bonds is 4. The number of aromatic nitrogens is 3. The molecule has 2 aromatic heterocycles. The number of nitrogens with one attached hydrogen (secondary N) is 2. The molecule has 6 heteroatoms. The maximum atomic E-state index is 12.5. The molecule has 0 aliphatic carbocycles. The maximum absolute atomic E-state index is 12.5. The summed E-state index contributed by atoms with van der Waals surface area (Å²) in [6.45, 7) is 0.515. The van der Waals surface area contributed by atoms with E-state index in [9.17, 15) is 4.79 Å². The Morgan fingerprint density at radius 3 is 2.92 bits per heavy atom. The predicted octanol–water partition coefficient (Wildman–Crippen LogP) is 3.68. The van der Waals surface area contributed by atoms with Crippen molar-refractivity contribution in [3.05, 3.63) is 65.1 Å². The lowest BCUT2D eigenvalue weighted by Crippen LogP contribution is -2.27. The van der Waals surface area contributed by atoms with Crippen molar-refractivity contribution in [2.75, 3.05) is 6.54 Å². The molecule has 0 radical (unpaired) electrons. The molecule has 0 spiro atoms. The zero-order valence-corrected chi connectivity index (χ0v) is 14.5. The van der Waals surface area contributed by atoms with Gasteiger partial charge < -0.3 is 14.9 Å². The van der Waals surface area contributed by atoms with E-state index in [1.165, 1.54) is 0 Å². The summed E-state index contributed by atoms with van der Waals surface area (Å²) in [5.41, 5.74) is 3.54. The Morgan fingerprint density at radius 1 is 1.24 bits per heavy atom. The summed E-state index contributed by atoms with van der Waals surface area (Å²) in [7, 11) is 1.88. The second-order valence-electron chi connectivity index (χ2n) is 6.00. The van der Waals surface area contributed by atoms with Crippen molar-refractivity contribution in [2.45, 2.75) is 6.42 Å². The smallest absolute Gasteiger partial charge is 0.267 e. The first-order valence-electron chi connectivity index (χ1n) is 8.08. The number of para-hydroxylation sites is 2. The van der Waals surface area contributed by atoms with E-state index in [1.807, 2.05) is 60.1 Å². The third-order valence-corrected chi connectivity index (χ3v) is 4.56. The van der Waals surface area contributed by atoms with Gasteiger partial charge in [0.2, 0.25) is 0 Å². The van der Waals surface area contributed by atoms with Crippen LogP contribution in [0.1, 0.15) is 16.3 Å². The van der Waals surface area contributed by atoms with E-state index in [-0.39, 0.29) is 5.91 Å². The summed E-state index contributed by atoms with van der Waals surface area (Å²) < 4.78 is 1.88. The van der Waals surface area contributed by atoms with Crippen LogP contribution in [-0.2, 0) is 13.5 Å². The number of imidazole rings is 1. The first-order chi connectivity index (χ1) is 12.1. The average molecular weight is 353 g/mol. The molecule has 4 rings (SSSR count). The van der Waals surface area contributed by atoms with Crippen LogP contribution in [0.4, 0.5) is 0 Å². The standard InChI is InChI=1S/C19H17ClN4O/c1-24-16-7-6-13(20)10-12(16)11-17(24)19(25)21-9-8-18-22-14-4-2-3-5-15(14)23-18/h2-7,10-11H,8-9H2,1H3,(H,21,25)(H,22,23). The number of aromatic amines is 1. The van der Waals surface area contributed by atoms with Crippen LogP contribution in [0.5, 0.6) is 0 Å². The molecular formula is C19H17ClN4O. The summed E-state index contributed by atoms with van der Waals surface area (Å²) >= 11 is 6.02. The fourth-order valence-electron chi connectivity index (χ4n) is 3.05. The molecule has 0 bridgehead atoms. The molecule has 0 fully saturated rings. The van der Waals surface area contributed by atoms with Gasteiger partial charge in [-0.3, -0.25) is 4.79 Å². The normalized spacial score (nSPS) is 11.3. The highest BCUT2D eigenvalue weighted by molar-refractivity contribution is 6.31. The van der Waals surface area contributed by atoms with Crippen molar-refractivity contribution in [3.8, 4) is 0 Å². The summed E-state index contributed by atoms with van der Waals surface area (Å²) in [5.74, 6) is 0.760. The molecule has 0 saturated carbocycles. The average Bonchev–Trinajstić information content (AvgIpc) is 3.15. The number of hydrogen-bond acceptors (Lipinski definition) is 2. The van der Waals surface area contributed by atoms with Crippen LogP contribution in [0.15, 0.2) is 48.5 Å². The lowest BCUT2D eigenvalue weighted by Gasteiger charge is -2.05. The minimum absolute atomic E-state index is 0.106. The Balaban J connectivity index is 1.46. The van der Waals surface area contributed by atoms with E-state index in [2.05, 4.69) is 15.3 Å². The van der Waals surface area contributed by atoms with Crippen LogP contribution in [0.25, 0.3) is 21.9 Å². The molecule has 0 aliphatic rings. The number of H-pyrrole nitrogens is 1. The topological polar surface area (TPSA) is 62.7 Å². The summed E-state index contributed by atoms with van der Waals surface area (Å²) in [6, 6.07) is 15.4. The van der Waals surface area contributed by atoms with Gasteiger partial charge in [0.25, 0.3) is 5.91 Å². The van der Waals surface area contributed by atoms with E-state index in [1.54, 1.807) is 0 Å². The highest BCUT2D eigenvalue weighted by Crippen LogP contribution is 2.22. The van der Waals surface area contributed by atoms with E-state index >= 15 is 0 Å². The van der Waals surface area contributed by atoms with E-state index in [0.29, 0.717) is 23.7 Å². The van der Waals surface area contributed by atoms with Crippen LogP contribution in [0.3, 0.4) is 0 Å². The lowest BCUT2D eigenvalue weighted by atomic mass is 10.2. The third kappa shape index (κ3) is 2.98. The Bertz CT molecular complexity index is 1050. The van der Waals surface area contributed by atoms with Gasteiger partial charge in [-0.05, 0) is 36.4 Å². The van der Waals surface area contributed by atoms with Gasteiger partial charge in [-0.25, -0.2) is 4.98 Å². The van der Waals surface area contributed by atoms with Crippen molar-refractivity contribution in [1.82, 2.24) is 19.9 Å². The Labute approximate surface area is 149 Å². The number of hydrogen-bond donors (Lipinski definition) is 2. The number of carbonyl (C=O) groups excluding carboxylic acids is 1. The molecule has 2 aromatic carbocycles. The second kappa shape index (κ2) is 6.26. The van der Waals surface area contributed by atoms with Crippen LogP contribution in [0, 0.1) is 0 Å². The van der Waals surface area contributed by atoms with Gasteiger partial charge in [0.15, 0.2) is 0 Å². The summed E-state index contributed by atoms with van der Waals surface area (Å²) in [4.78, 5) is 20.3. The Kier molecular flexibility index (Phi) is 3.93. The molecule has 25 heavy (non-hydrogen) atoms. The SMILES string of the molecule is Cn1c(C(=O)NCCc2nc3ccccc3[nH]2)cc2cc(Cl)ccc21. The molecule has 2 heterocycles. The van der Waals surface area contributed by atoms with Crippen LogP contribution in [-0.4, -0.2) is 27.0 Å². The summed E-state index contributed by atoms with van der Waals surface area (Å²) in [5, 5.41) is 4.57. The highest BCUT2D eigenvalue weighted by atomic mass is 35.5. The number of carbonyl (C=O) groups is 1. The Hall–Kier alpha value is -2.79. The minimum Gasteiger partial charge on any atom is -0.350 e. The third-order valence-electron chi connectivity index (χ3n) is 4.32. The van der Waals surface area contributed by atoms with Gasteiger partial charge in [-0.1, -0.05) is 23.7 Å². The van der Waals surface area contributed by atoms with Gasteiger partial charge in [0, 0.05) is 35.9 Å². The van der Waals surface area contributed by atoms with E-state index in [0.717, 1.165) is 27.8 Å². The second-order valence-corrected chi connectivity index (χ2v) is 6.43. The molecule has 1 amide bonds. The van der Waals surface area contributed by atoms with Crippen LogP contribution < -0.4 is 5.32 Å². The first kappa shape index (κ1) is 15.7. The molecular weight excluding hydrogens is 336 g/mol.